The molecule has 0 atom stereocenters. The number of rotatable bonds is 8. The predicted molar refractivity (Wildman–Crippen MR) is 81.5 cm³/mol. The van der Waals surface area contributed by atoms with Gasteiger partial charge in [0.25, 0.3) is 0 Å². The normalized spacial score (nSPS) is 14.7. The van der Waals surface area contributed by atoms with Gasteiger partial charge in [0.05, 0.1) is 5.69 Å². The Balaban J connectivity index is 1.92. The number of carbonyl (C=O) groups is 1. The summed E-state index contributed by atoms with van der Waals surface area (Å²) in [6.07, 6.45) is 1.95. The minimum atomic E-state index is -3.50. The van der Waals surface area contributed by atoms with Crippen molar-refractivity contribution in [3.8, 4) is 0 Å². The van der Waals surface area contributed by atoms with Crippen molar-refractivity contribution in [2.45, 2.75) is 24.7 Å². The van der Waals surface area contributed by atoms with Crippen LogP contribution in [0, 0.1) is 5.92 Å². The largest absolute Gasteiger partial charge is 0.382 e. The van der Waals surface area contributed by atoms with Gasteiger partial charge in [-0.25, -0.2) is 13.1 Å². The molecule has 1 amide bonds. The summed E-state index contributed by atoms with van der Waals surface area (Å²) in [5.74, 6) is 0.275. The summed E-state index contributed by atoms with van der Waals surface area (Å²) >= 11 is 0. The fraction of sp³-hybridized carbons (Fsp3) is 0.500. The van der Waals surface area contributed by atoms with E-state index in [9.17, 15) is 13.2 Å². The Morgan fingerprint density at radius 1 is 1.24 bits per heavy atom. The lowest BCUT2D eigenvalue weighted by Gasteiger charge is -2.13. The van der Waals surface area contributed by atoms with Gasteiger partial charge in [-0.1, -0.05) is 19.1 Å². The fourth-order valence-corrected chi connectivity index (χ4v) is 3.21. The van der Waals surface area contributed by atoms with Crippen LogP contribution >= 0.6 is 0 Å². The topological polar surface area (TPSA) is 87.3 Å². The van der Waals surface area contributed by atoms with E-state index in [1.54, 1.807) is 31.2 Å². The molecule has 1 aromatic rings. The van der Waals surface area contributed by atoms with Crippen molar-refractivity contribution in [1.29, 1.82) is 0 Å². The third kappa shape index (κ3) is 4.44. The minimum Gasteiger partial charge on any atom is -0.382 e. The SMILES string of the molecule is CCNS(=O)(=O)c1ccccc1NCCNC(=O)C1CC1. The zero-order valence-electron chi connectivity index (χ0n) is 12.1. The Kier molecular flexibility index (Phi) is 5.19. The smallest absolute Gasteiger partial charge is 0.242 e. The number of sulfonamides is 1. The Hall–Kier alpha value is -1.60. The van der Waals surface area contributed by atoms with Crippen molar-refractivity contribution in [3.63, 3.8) is 0 Å². The highest BCUT2D eigenvalue weighted by atomic mass is 32.2. The molecule has 0 saturated heterocycles. The van der Waals surface area contributed by atoms with Gasteiger partial charge >= 0.3 is 0 Å². The predicted octanol–water partition coefficient (Wildman–Crippen LogP) is 0.923. The molecular weight excluding hydrogens is 290 g/mol. The number of benzene rings is 1. The third-order valence-electron chi connectivity index (χ3n) is 3.20. The van der Waals surface area contributed by atoms with E-state index >= 15 is 0 Å². The Morgan fingerprint density at radius 3 is 2.62 bits per heavy atom. The molecular formula is C14H21N3O3S. The molecule has 116 valence electrons. The van der Waals surface area contributed by atoms with E-state index < -0.39 is 10.0 Å². The second kappa shape index (κ2) is 6.91. The minimum absolute atomic E-state index is 0.0883. The summed E-state index contributed by atoms with van der Waals surface area (Å²) in [5.41, 5.74) is 0.541. The molecule has 0 spiro atoms. The van der Waals surface area contributed by atoms with E-state index in [-0.39, 0.29) is 16.7 Å². The van der Waals surface area contributed by atoms with Crippen LogP contribution in [0.4, 0.5) is 5.69 Å². The number of anilines is 1. The Labute approximate surface area is 125 Å². The molecule has 0 bridgehead atoms. The van der Waals surface area contributed by atoms with Gasteiger partial charge in [-0.05, 0) is 25.0 Å². The molecule has 1 aliphatic carbocycles. The zero-order chi connectivity index (χ0) is 15.3. The number of amides is 1. The lowest BCUT2D eigenvalue weighted by atomic mass is 10.3. The van der Waals surface area contributed by atoms with Crippen molar-refractivity contribution >= 4 is 21.6 Å². The van der Waals surface area contributed by atoms with Crippen LogP contribution in [0.15, 0.2) is 29.2 Å². The Bertz CT molecular complexity index is 597. The van der Waals surface area contributed by atoms with Crippen LogP contribution in [0.2, 0.25) is 0 Å². The van der Waals surface area contributed by atoms with Crippen LogP contribution < -0.4 is 15.4 Å². The maximum atomic E-state index is 12.1. The summed E-state index contributed by atoms with van der Waals surface area (Å²) < 4.78 is 26.6. The van der Waals surface area contributed by atoms with Gasteiger partial charge in [-0.15, -0.1) is 0 Å². The first-order valence-electron chi connectivity index (χ1n) is 7.15. The summed E-state index contributed by atoms with van der Waals surface area (Å²) in [4.78, 5) is 11.7. The molecule has 21 heavy (non-hydrogen) atoms. The van der Waals surface area contributed by atoms with E-state index in [1.807, 2.05) is 0 Å². The summed E-state index contributed by atoms with van der Waals surface area (Å²) in [7, 11) is -3.50. The van der Waals surface area contributed by atoms with E-state index in [2.05, 4.69) is 15.4 Å². The highest BCUT2D eigenvalue weighted by Crippen LogP contribution is 2.28. The standard InChI is InChI=1S/C14H21N3O3S/c1-2-17-21(19,20)13-6-4-3-5-12(13)15-9-10-16-14(18)11-7-8-11/h3-6,11,15,17H,2,7-10H2,1H3,(H,16,18). The molecule has 0 aliphatic heterocycles. The lowest BCUT2D eigenvalue weighted by molar-refractivity contribution is -0.122. The van der Waals surface area contributed by atoms with Crippen molar-refractivity contribution in [2.24, 2.45) is 5.92 Å². The van der Waals surface area contributed by atoms with Gasteiger partial charge in [-0.2, -0.15) is 0 Å². The fourth-order valence-electron chi connectivity index (χ4n) is 1.99. The van der Waals surface area contributed by atoms with E-state index in [0.29, 0.717) is 25.3 Å². The van der Waals surface area contributed by atoms with Crippen LogP contribution in [0.5, 0.6) is 0 Å². The molecule has 0 radical (unpaired) electrons. The third-order valence-corrected chi connectivity index (χ3v) is 4.80. The number of hydrogen-bond acceptors (Lipinski definition) is 4. The van der Waals surface area contributed by atoms with Gasteiger partial charge < -0.3 is 10.6 Å². The van der Waals surface area contributed by atoms with Crippen LogP contribution in [0.25, 0.3) is 0 Å². The number of nitrogens with one attached hydrogen (secondary N) is 3. The lowest BCUT2D eigenvalue weighted by Crippen LogP contribution is -2.30. The molecule has 6 nitrogen and oxygen atoms in total. The molecule has 1 fully saturated rings. The van der Waals surface area contributed by atoms with Crippen LogP contribution in [0.3, 0.4) is 0 Å². The summed E-state index contributed by atoms with van der Waals surface area (Å²) in [6.45, 7) is 3.04. The van der Waals surface area contributed by atoms with Gasteiger partial charge in [0.15, 0.2) is 0 Å². The van der Waals surface area contributed by atoms with Crippen molar-refractivity contribution in [1.82, 2.24) is 10.0 Å². The Morgan fingerprint density at radius 2 is 1.95 bits per heavy atom. The van der Waals surface area contributed by atoms with E-state index in [4.69, 9.17) is 0 Å². The average molecular weight is 311 g/mol. The molecule has 2 rings (SSSR count). The number of para-hydroxylation sites is 1. The second-order valence-corrected chi connectivity index (χ2v) is 6.72. The van der Waals surface area contributed by atoms with Gasteiger partial charge in [0, 0.05) is 25.6 Å². The summed E-state index contributed by atoms with van der Waals surface area (Å²) in [6, 6.07) is 6.73. The second-order valence-electron chi connectivity index (χ2n) is 4.99. The van der Waals surface area contributed by atoms with Gasteiger partial charge in [-0.3, -0.25) is 4.79 Å². The molecule has 7 heteroatoms. The first-order chi connectivity index (χ1) is 10.0. The maximum Gasteiger partial charge on any atom is 0.242 e. The molecule has 0 heterocycles. The van der Waals surface area contributed by atoms with E-state index in [0.717, 1.165) is 12.8 Å². The molecule has 0 unspecified atom stereocenters. The van der Waals surface area contributed by atoms with Crippen molar-refractivity contribution in [3.05, 3.63) is 24.3 Å². The number of carbonyl (C=O) groups excluding carboxylic acids is 1. The zero-order valence-corrected chi connectivity index (χ0v) is 12.9. The number of hydrogen-bond donors (Lipinski definition) is 3. The van der Waals surface area contributed by atoms with Crippen molar-refractivity contribution < 1.29 is 13.2 Å². The molecule has 1 saturated carbocycles. The van der Waals surface area contributed by atoms with Crippen LogP contribution in [-0.4, -0.2) is 34.0 Å². The van der Waals surface area contributed by atoms with Gasteiger partial charge in [0.2, 0.25) is 15.9 Å². The first-order valence-corrected chi connectivity index (χ1v) is 8.63. The molecule has 0 aromatic heterocycles. The van der Waals surface area contributed by atoms with Gasteiger partial charge in [0.1, 0.15) is 4.90 Å². The average Bonchev–Trinajstić information content (AvgIpc) is 3.28. The van der Waals surface area contributed by atoms with Crippen LogP contribution in [-0.2, 0) is 14.8 Å². The molecule has 1 aromatic carbocycles. The monoisotopic (exact) mass is 311 g/mol. The van der Waals surface area contributed by atoms with Crippen molar-refractivity contribution in [2.75, 3.05) is 25.0 Å². The summed E-state index contributed by atoms with van der Waals surface area (Å²) in [5, 5.41) is 5.89. The highest BCUT2D eigenvalue weighted by molar-refractivity contribution is 7.89. The van der Waals surface area contributed by atoms with Crippen LogP contribution in [0.1, 0.15) is 19.8 Å². The molecule has 3 N–H and O–H groups in total. The first kappa shape index (κ1) is 15.8. The quantitative estimate of drug-likeness (QED) is 0.623. The molecule has 1 aliphatic rings. The highest BCUT2D eigenvalue weighted by Gasteiger charge is 2.29. The van der Waals surface area contributed by atoms with E-state index in [1.165, 1.54) is 0 Å². The maximum absolute atomic E-state index is 12.1.